The summed E-state index contributed by atoms with van der Waals surface area (Å²) in [5.74, 6) is 2.13. The first-order chi connectivity index (χ1) is 3.81. The lowest BCUT2D eigenvalue weighted by Gasteiger charge is -2.12. The Bertz CT molecular complexity index is 228. The molecule has 0 spiro atoms. The fraction of sp³-hybridized carbons (Fsp3) is 0.500. The Morgan fingerprint density at radius 3 is 1.89 bits per heavy atom. The molecule has 0 atom stereocenters. The van der Waals surface area contributed by atoms with E-state index >= 15 is 0 Å². The maximum absolute atomic E-state index is 10.6. The van der Waals surface area contributed by atoms with Gasteiger partial charge in [-0.3, -0.25) is 0 Å². The molecular formula is C6H9O2S. The van der Waals surface area contributed by atoms with Crippen molar-refractivity contribution in [1.82, 2.24) is 0 Å². The summed E-state index contributed by atoms with van der Waals surface area (Å²) in [6.45, 7) is 2.88. The van der Waals surface area contributed by atoms with Gasteiger partial charge in [-0.15, -0.1) is 6.42 Å². The Hall–Kier alpha value is -0.490. The van der Waals surface area contributed by atoms with E-state index in [2.05, 4.69) is 12.2 Å². The van der Waals surface area contributed by atoms with E-state index in [1.54, 1.807) is 0 Å². The van der Waals surface area contributed by atoms with Crippen molar-refractivity contribution in [1.29, 1.82) is 0 Å². The van der Waals surface area contributed by atoms with Gasteiger partial charge in [0.15, 0.2) is 9.84 Å². The van der Waals surface area contributed by atoms with Crippen molar-refractivity contribution in [3.05, 3.63) is 6.26 Å². The monoisotopic (exact) mass is 145 g/mol. The van der Waals surface area contributed by atoms with Crippen LogP contribution in [0.3, 0.4) is 0 Å². The smallest absolute Gasteiger partial charge is 0.167 e. The molecule has 0 fully saturated rings. The van der Waals surface area contributed by atoms with Crippen molar-refractivity contribution in [3.8, 4) is 12.3 Å². The summed E-state index contributed by atoms with van der Waals surface area (Å²) in [4.78, 5) is 0. The summed E-state index contributed by atoms with van der Waals surface area (Å²) in [5.41, 5.74) is 0. The van der Waals surface area contributed by atoms with Crippen molar-refractivity contribution >= 4 is 9.84 Å². The van der Waals surface area contributed by atoms with Gasteiger partial charge >= 0.3 is 0 Å². The average molecular weight is 145 g/mol. The third-order valence-corrected chi connectivity index (χ3v) is 2.80. The molecule has 0 aliphatic rings. The van der Waals surface area contributed by atoms with Gasteiger partial charge in [-0.2, -0.15) is 0 Å². The molecule has 0 unspecified atom stereocenters. The maximum atomic E-state index is 10.6. The highest BCUT2D eigenvalue weighted by atomic mass is 32.2. The lowest BCUT2D eigenvalue weighted by atomic mass is 10.2. The van der Waals surface area contributed by atoms with E-state index in [0.717, 1.165) is 0 Å². The predicted molar refractivity (Wildman–Crippen MR) is 37.2 cm³/mol. The minimum absolute atomic E-state index is 1.13. The lowest BCUT2D eigenvalue weighted by molar-refractivity contribution is 0.584. The first-order valence-corrected chi connectivity index (χ1v) is 4.02. The van der Waals surface area contributed by atoms with Crippen molar-refractivity contribution < 1.29 is 8.42 Å². The van der Waals surface area contributed by atoms with E-state index in [9.17, 15) is 8.42 Å². The summed E-state index contributed by atoms with van der Waals surface area (Å²) < 4.78 is 20.1. The van der Waals surface area contributed by atoms with Crippen LogP contribution in [0.4, 0.5) is 0 Å². The van der Waals surface area contributed by atoms with Crippen LogP contribution < -0.4 is 0 Å². The van der Waals surface area contributed by atoms with Crippen LogP contribution in [0.25, 0.3) is 0 Å². The molecule has 0 bridgehead atoms. The number of sulfone groups is 1. The molecule has 0 saturated carbocycles. The highest BCUT2D eigenvalue weighted by Crippen LogP contribution is 2.13. The molecule has 2 nitrogen and oxygen atoms in total. The normalized spacial score (nSPS) is 12.7. The van der Waals surface area contributed by atoms with Gasteiger partial charge in [0, 0.05) is 0 Å². The van der Waals surface area contributed by atoms with E-state index < -0.39 is 14.6 Å². The largest absolute Gasteiger partial charge is 0.227 e. The van der Waals surface area contributed by atoms with Crippen LogP contribution in [-0.2, 0) is 9.84 Å². The topological polar surface area (TPSA) is 34.1 Å². The molecule has 3 heteroatoms. The highest BCUT2D eigenvalue weighted by Gasteiger charge is 2.26. The zero-order valence-electron chi connectivity index (χ0n) is 5.51. The van der Waals surface area contributed by atoms with Gasteiger partial charge in [0.2, 0.25) is 0 Å². The molecular weight excluding hydrogens is 136 g/mol. The van der Waals surface area contributed by atoms with Crippen molar-refractivity contribution in [3.63, 3.8) is 0 Å². The molecule has 9 heavy (non-hydrogen) atoms. The molecule has 1 radical (unpaired) electrons. The quantitative estimate of drug-likeness (QED) is 0.506. The molecule has 0 aromatic carbocycles. The van der Waals surface area contributed by atoms with E-state index in [4.69, 9.17) is 6.42 Å². The van der Waals surface area contributed by atoms with Crippen LogP contribution in [0.1, 0.15) is 13.8 Å². The van der Waals surface area contributed by atoms with E-state index in [1.807, 2.05) is 0 Å². The van der Waals surface area contributed by atoms with Gasteiger partial charge < -0.3 is 0 Å². The first-order valence-electron chi connectivity index (χ1n) is 2.36. The van der Waals surface area contributed by atoms with E-state index in [1.165, 1.54) is 13.8 Å². The molecule has 0 aliphatic carbocycles. The Morgan fingerprint density at radius 2 is 1.89 bits per heavy atom. The summed E-state index contributed by atoms with van der Waals surface area (Å²) in [7, 11) is -3.34. The molecule has 0 N–H and O–H groups in total. The van der Waals surface area contributed by atoms with Crippen LogP contribution >= 0.6 is 0 Å². The fourth-order valence-corrected chi connectivity index (χ4v) is 0.269. The Kier molecular flexibility index (Phi) is 1.92. The SMILES string of the molecule is C#CC(C)(C)S([CH2])(=O)=O. The second kappa shape index (κ2) is 2.03. The van der Waals surface area contributed by atoms with Gasteiger partial charge in [0.25, 0.3) is 0 Å². The zero-order chi connectivity index (χ0) is 7.71. The first kappa shape index (κ1) is 8.51. The summed E-state index contributed by atoms with van der Waals surface area (Å²) in [6.07, 6.45) is 7.87. The summed E-state index contributed by atoms with van der Waals surface area (Å²) in [6, 6.07) is 0. The molecule has 0 amide bonds. The second-order valence-electron chi connectivity index (χ2n) is 2.27. The summed E-state index contributed by atoms with van der Waals surface area (Å²) >= 11 is 0. The lowest BCUT2D eigenvalue weighted by Crippen LogP contribution is -2.26. The van der Waals surface area contributed by atoms with Gasteiger partial charge in [-0.25, -0.2) is 8.42 Å². The van der Waals surface area contributed by atoms with Crippen molar-refractivity contribution in [2.75, 3.05) is 0 Å². The zero-order valence-corrected chi connectivity index (χ0v) is 6.33. The molecule has 0 heterocycles. The van der Waals surface area contributed by atoms with Gasteiger partial charge in [0.05, 0.1) is 6.26 Å². The average Bonchev–Trinajstić information content (AvgIpc) is 1.64. The number of hydrogen-bond acceptors (Lipinski definition) is 2. The Morgan fingerprint density at radius 1 is 1.56 bits per heavy atom. The second-order valence-corrected chi connectivity index (χ2v) is 4.52. The predicted octanol–water partition coefficient (Wildman–Crippen LogP) is 0.605. The maximum Gasteiger partial charge on any atom is 0.167 e. The molecule has 0 aromatic heterocycles. The standard InChI is InChI=1S/C6H9O2S/c1-5-6(2,3)9(4,7)8/h1H,4H2,2-3H3. The van der Waals surface area contributed by atoms with Crippen LogP contribution in [0, 0.1) is 18.6 Å². The molecule has 0 aromatic rings. The van der Waals surface area contributed by atoms with E-state index in [0.29, 0.717) is 0 Å². The molecule has 51 valence electrons. The van der Waals surface area contributed by atoms with Crippen LogP contribution in [0.2, 0.25) is 0 Å². The van der Waals surface area contributed by atoms with E-state index in [-0.39, 0.29) is 0 Å². The minimum atomic E-state index is -3.34. The number of terminal acetylenes is 1. The Labute approximate surface area is 56.2 Å². The third-order valence-electron chi connectivity index (χ3n) is 1.13. The number of rotatable bonds is 1. The molecule has 0 saturated heterocycles. The van der Waals surface area contributed by atoms with Crippen LogP contribution in [0.15, 0.2) is 0 Å². The van der Waals surface area contributed by atoms with Gasteiger partial charge in [-0.1, -0.05) is 5.92 Å². The molecule has 0 rings (SSSR count). The fourth-order valence-electron chi connectivity index (χ4n) is 0.0898. The Balaban J connectivity index is 4.85. The van der Waals surface area contributed by atoms with Crippen molar-refractivity contribution in [2.24, 2.45) is 0 Å². The van der Waals surface area contributed by atoms with Gasteiger partial charge in [-0.05, 0) is 13.8 Å². The summed E-state index contributed by atoms with van der Waals surface area (Å²) in [5, 5.41) is 0. The third kappa shape index (κ3) is 1.72. The molecule has 0 aliphatic heterocycles. The van der Waals surface area contributed by atoms with Crippen LogP contribution in [-0.4, -0.2) is 13.2 Å². The van der Waals surface area contributed by atoms with Gasteiger partial charge in [0.1, 0.15) is 4.75 Å². The van der Waals surface area contributed by atoms with Crippen molar-refractivity contribution in [2.45, 2.75) is 18.6 Å². The highest BCUT2D eigenvalue weighted by molar-refractivity contribution is 7.94. The number of hydrogen-bond donors (Lipinski definition) is 0. The minimum Gasteiger partial charge on any atom is -0.227 e. The van der Waals surface area contributed by atoms with Crippen LogP contribution in [0.5, 0.6) is 0 Å².